The van der Waals surface area contributed by atoms with Crippen LogP contribution in [0, 0.1) is 0 Å². The summed E-state index contributed by atoms with van der Waals surface area (Å²) in [5, 5.41) is 2.96. The maximum atomic E-state index is 14.0. The van der Waals surface area contributed by atoms with Crippen LogP contribution in [0.1, 0.15) is 42.3 Å². The normalized spacial score (nSPS) is 14.8. The van der Waals surface area contributed by atoms with Crippen molar-refractivity contribution in [2.24, 2.45) is 0 Å². The third-order valence-corrected chi connectivity index (χ3v) is 8.23. The van der Waals surface area contributed by atoms with Gasteiger partial charge >= 0.3 is 0 Å². The van der Waals surface area contributed by atoms with Gasteiger partial charge in [0, 0.05) is 18.5 Å². The van der Waals surface area contributed by atoms with E-state index in [1.54, 1.807) is 30.3 Å². The van der Waals surface area contributed by atoms with Crippen LogP contribution in [0.15, 0.2) is 83.8 Å². The third kappa shape index (κ3) is 6.34. The summed E-state index contributed by atoms with van der Waals surface area (Å²) in [6.07, 6.45) is 0.180. The maximum Gasteiger partial charge on any atom is 0.269 e. The quantitative estimate of drug-likeness (QED) is 0.427. The Bertz CT molecular complexity index is 1520. The molecule has 3 aromatic rings. The summed E-state index contributed by atoms with van der Waals surface area (Å²) in [6.45, 7) is 4.76. The van der Waals surface area contributed by atoms with Crippen LogP contribution in [0.2, 0.25) is 0 Å². The second kappa shape index (κ2) is 11.5. The molecule has 210 valence electrons. The smallest absolute Gasteiger partial charge is 0.269 e. The maximum absolute atomic E-state index is 14.0. The summed E-state index contributed by atoms with van der Waals surface area (Å²) in [7, 11) is -2.70. The van der Waals surface area contributed by atoms with Crippen molar-refractivity contribution in [1.29, 1.82) is 0 Å². The number of sulfonamides is 1. The fourth-order valence-corrected chi connectivity index (χ4v) is 6.09. The SMILES string of the molecule is COc1cccc(CN(C(=O)CN2C(=O)c3ccccc3S2(=O)=O)[C@H](Cc2ccccc2)C(=O)NC(C)(C)C)c1. The standard InChI is InChI=1S/C30H33N3O6S/c1-30(2,3)31-28(35)25(18-21-11-6-5-7-12-21)32(19-22-13-10-14-23(17-22)39-4)27(34)20-33-29(36)24-15-8-9-16-26(24)40(33,37)38/h5-17,25H,18-20H2,1-4H3,(H,31,35)/t25-/m1/s1. The van der Waals surface area contributed by atoms with E-state index in [9.17, 15) is 22.8 Å². The minimum Gasteiger partial charge on any atom is -0.497 e. The van der Waals surface area contributed by atoms with Gasteiger partial charge in [0.15, 0.2) is 0 Å². The lowest BCUT2D eigenvalue weighted by molar-refractivity contribution is -0.141. The molecule has 1 heterocycles. The molecule has 9 nitrogen and oxygen atoms in total. The summed E-state index contributed by atoms with van der Waals surface area (Å²) in [5.41, 5.74) is 0.915. The molecular weight excluding hydrogens is 530 g/mol. The Morgan fingerprint density at radius 3 is 2.25 bits per heavy atom. The van der Waals surface area contributed by atoms with Crippen LogP contribution in [-0.4, -0.2) is 60.6 Å². The van der Waals surface area contributed by atoms with Gasteiger partial charge in [-0.1, -0.05) is 54.6 Å². The molecule has 1 N–H and O–H groups in total. The zero-order chi connectivity index (χ0) is 29.1. The number of amides is 3. The number of benzene rings is 3. The Hall–Kier alpha value is -4.18. The molecule has 0 fully saturated rings. The Balaban J connectivity index is 1.74. The number of hydrogen-bond acceptors (Lipinski definition) is 6. The van der Waals surface area contributed by atoms with Crippen molar-refractivity contribution in [3.63, 3.8) is 0 Å². The summed E-state index contributed by atoms with van der Waals surface area (Å²) in [5.74, 6) is -1.29. The molecule has 0 saturated carbocycles. The number of nitrogens with zero attached hydrogens (tertiary/aromatic N) is 2. The number of methoxy groups -OCH3 is 1. The summed E-state index contributed by atoms with van der Waals surface area (Å²) in [4.78, 5) is 42.0. The van der Waals surface area contributed by atoms with Crippen LogP contribution < -0.4 is 10.1 Å². The molecule has 0 radical (unpaired) electrons. The fourth-order valence-electron chi connectivity index (χ4n) is 4.58. The lowest BCUT2D eigenvalue weighted by atomic mass is 10.0. The number of nitrogens with one attached hydrogen (secondary N) is 1. The highest BCUT2D eigenvalue weighted by Gasteiger charge is 2.43. The summed E-state index contributed by atoms with van der Waals surface area (Å²) < 4.78 is 32.4. The first kappa shape index (κ1) is 28.8. The highest BCUT2D eigenvalue weighted by atomic mass is 32.2. The van der Waals surface area contributed by atoms with Crippen LogP contribution >= 0.6 is 0 Å². The van der Waals surface area contributed by atoms with E-state index < -0.39 is 45.9 Å². The van der Waals surface area contributed by atoms with Crippen LogP contribution in [0.4, 0.5) is 0 Å². The molecule has 0 spiro atoms. The van der Waals surface area contributed by atoms with Crippen LogP contribution in [0.25, 0.3) is 0 Å². The number of carbonyl (C=O) groups is 3. The van der Waals surface area contributed by atoms with E-state index in [0.717, 1.165) is 5.56 Å². The monoisotopic (exact) mass is 563 g/mol. The van der Waals surface area contributed by atoms with Crippen molar-refractivity contribution in [2.75, 3.05) is 13.7 Å². The Kier molecular flexibility index (Phi) is 8.29. The largest absolute Gasteiger partial charge is 0.497 e. The van der Waals surface area contributed by atoms with Crippen molar-refractivity contribution in [1.82, 2.24) is 14.5 Å². The van der Waals surface area contributed by atoms with E-state index in [-0.39, 0.29) is 23.4 Å². The molecule has 0 aromatic heterocycles. The van der Waals surface area contributed by atoms with Crippen LogP contribution in [0.5, 0.6) is 5.75 Å². The Morgan fingerprint density at radius 1 is 0.950 bits per heavy atom. The van der Waals surface area contributed by atoms with Crippen LogP contribution in [-0.2, 0) is 32.6 Å². The van der Waals surface area contributed by atoms with Crippen molar-refractivity contribution < 1.29 is 27.5 Å². The van der Waals surface area contributed by atoms with E-state index in [4.69, 9.17) is 4.74 Å². The van der Waals surface area contributed by atoms with Gasteiger partial charge in [0.1, 0.15) is 23.2 Å². The molecule has 0 unspecified atom stereocenters. The summed E-state index contributed by atoms with van der Waals surface area (Å²) >= 11 is 0. The van der Waals surface area contributed by atoms with Crippen molar-refractivity contribution in [3.8, 4) is 5.75 Å². The fraction of sp³-hybridized carbons (Fsp3) is 0.300. The van der Waals surface area contributed by atoms with Gasteiger partial charge in [0.25, 0.3) is 15.9 Å². The van der Waals surface area contributed by atoms with Gasteiger partial charge in [-0.3, -0.25) is 14.4 Å². The first-order chi connectivity index (χ1) is 18.9. The van der Waals surface area contributed by atoms with Gasteiger partial charge in [-0.15, -0.1) is 0 Å². The predicted molar refractivity (Wildman–Crippen MR) is 150 cm³/mol. The average molecular weight is 564 g/mol. The molecule has 1 aliphatic rings. The number of carbonyl (C=O) groups excluding carboxylic acids is 3. The van der Waals surface area contributed by atoms with Crippen molar-refractivity contribution in [2.45, 2.75) is 50.2 Å². The van der Waals surface area contributed by atoms with Crippen LogP contribution in [0.3, 0.4) is 0 Å². The van der Waals surface area contributed by atoms with Crippen molar-refractivity contribution >= 4 is 27.7 Å². The van der Waals surface area contributed by atoms with E-state index in [0.29, 0.717) is 15.6 Å². The predicted octanol–water partition coefficient (Wildman–Crippen LogP) is 3.39. The van der Waals surface area contributed by atoms with E-state index in [1.807, 2.05) is 51.1 Å². The molecule has 40 heavy (non-hydrogen) atoms. The number of rotatable bonds is 9. The summed E-state index contributed by atoms with van der Waals surface area (Å²) in [6, 6.07) is 21.2. The van der Waals surface area contributed by atoms with Gasteiger partial charge in [-0.25, -0.2) is 12.7 Å². The first-order valence-corrected chi connectivity index (χ1v) is 14.3. The van der Waals surface area contributed by atoms with Gasteiger partial charge in [0.2, 0.25) is 11.8 Å². The average Bonchev–Trinajstić information content (AvgIpc) is 3.11. The Labute approximate surface area is 234 Å². The molecule has 1 atom stereocenters. The van der Waals surface area contributed by atoms with Gasteiger partial charge in [0.05, 0.1) is 12.7 Å². The second-order valence-electron chi connectivity index (χ2n) is 10.6. The van der Waals surface area contributed by atoms with Gasteiger partial charge in [-0.2, -0.15) is 0 Å². The van der Waals surface area contributed by atoms with E-state index in [1.165, 1.54) is 30.2 Å². The molecule has 3 aromatic carbocycles. The zero-order valence-electron chi connectivity index (χ0n) is 23.0. The van der Waals surface area contributed by atoms with Gasteiger partial charge in [-0.05, 0) is 56.2 Å². The number of fused-ring (bicyclic) bond motifs is 1. The molecular formula is C30H33N3O6S. The lowest BCUT2D eigenvalue weighted by Gasteiger charge is -2.34. The molecule has 3 amide bonds. The number of hydrogen-bond donors (Lipinski definition) is 1. The topological polar surface area (TPSA) is 113 Å². The molecule has 0 saturated heterocycles. The number of ether oxygens (including phenoxy) is 1. The molecule has 1 aliphatic heterocycles. The lowest BCUT2D eigenvalue weighted by Crippen LogP contribution is -2.56. The minimum absolute atomic E-state index is 0.0138. The highest BCUT2D eigenvalue weighted by molar-refractivity contribution is 7.90. The molecule has 10 heteroatoms. The Morgan fingerprint density at radius 2 is 1.60 bits per heavy atom. The highest BCUT2D eigenvalue weighted by Crippen LogP contribution is 2.30. The third-order valence-electron chi connectivity index (χ3n) is 6.45. The molecule has 0 aliphatic carbocycles. The van der Waals surface area contributed by atoms with Crippen molar-refractivity contribution in [3.05, 3.63) is 95.6 Å². The molecule has 4 rings (SSSR count). The molecule has 0 bridgehead atoms. The zero-order valence-corrected chi connectivity index (χ0v) is 23.8. The van der Waals surface area contributed by atoms with Gasteiger partial charge < -0.3 is 15.0 Å². The second-order valence-corrected chi connectivity index (χ2v) is 12.5. The first-order valence-electron chi connectivity index (χ1n) is 12.8. The van der Waals surface area contributed by atoms with E-state index >= 15 is 0 Å². The minimum atomic E-state index is -4.23. The van der Waals surface area contributed by atoms with E-state index in [2.05, 4.69) is 5.32 Å².